The van der Waals surface area contributed by atoms with E-state index in [1.165, 1.54) is 12.2 Å². The summed E-state index contributed by atoms with van der Waals surface area (Å²) in [6.07, 6.45) is 6.33. The first-order valence-electron chi connectivity index (χ1n) is 8.13. The molecule has 1 saturated heterocycles. The van der Waals surface area contributed by atoms with E-state index >= 15 is 0 Å². The van der Waals surface area contributed by atoms with E-state index in [9.17, 15) is 5.11 Å². The molecular weight excluding hydrogens is 310 g/mol. The first-order chi connectivity index (χ1) is 11.2. The Balaban J connectivity index is 1.70. The first kappa shape index (κ1) is 16.4. The maximum absolute atomic E-state index is 9.20. The van der Waals surface area contributed by atoms with E-state index in [1.54, 1.807) is 11.3 Å². The van der Waals surface area contributed by atoms with E-state index in [2.05, 4.69) is 44.6 Å². The maximum atomic E-state index is 9.20. The largest absolute Gasteiger partial charge is 0.390 e. The molecule has 126 valence electrons. The van der Waals surface area contributed by atoms with Gasteiger partial charge in [-0.1, -0.05) is 0 Å². The quantitative estimate of drug-likeness (QED) is 0.872. The van der Waals surface area contributed by atoms with Gasteiger partial charge in [0.2, 0.25) is 0 Å². The molecule has 0 unspecified atom stereocenters. The lowest BCUT2D eigenvalue weighted by Gasteiger charge is -2.32. The number of hydrogen-bond acceptors (Lipinski definition) is 6. The number of anilines is 1. The van der Waals surface area contributed by atoms with Crippen molar-refractivity contribution in [1.29, 1.82) is 0 Å². The average molecular weight is 335 g/mol. The van der Waals surface area contributed by atoms with Gasteiger partial charge in [0, 0.05) is 49.9 Å². The molecule has 1 aliphatic rings. The topological polar surface area (TPSA) is 57.4 Å². The van der Waals surface area contributed by atoms with Crippen molar-refractivity contribution in [2.45, 2.75) is 31.9 Å². The van der Waals surface area contributed by atoms with Crippen molar-refractivity contribution in [2.24, 2.45) is 0 Å². The molecular formula is C16H25N5OS. The zero-order valence-electron chi connectivity index (χ0n) is 13.9. The van der Waals surface area contributed by atoms with E-state index in [-0.39, 0.29) is 6.61 Å². The van der Waals surface area contributed by atoms with Crippen molar-refractivity contribution in [2.75, 3.05) is 38.6 Å². The fourth-order valence-electron chi connectivity index (χ4n) is 3.05. The standard InChI is InChI=1S/C16H25N5OS/c1-19(2)8-9-20-7-5-17-15(20)13-4-3-6-21(10-13)16-18-14(11-22)12-23-16/h5,7,12-13,22H,3-4,6,8-11H2,1-2H3/t13-/m0/s1. The van der Waals surface area contributed by atoms with Gasteiger partial charge in [-0.25, -0.2) is 9.97 Å². The Hall–Kier alpha value is -1.44. The molecule has 0 saturated carbocycles. The summed E-state index contributed by atoms with van der Waals surface area (Å²) in [6, 6.07) is 0. The van der Waals surface area contributed by atoms with Gasteiger partial charge in [-0.2, -0.15) is 0 Å². The second kappa shape index (κ2) is 7.42. The third-order valence-electron chi connectivity index (χ3n) is 4.29. The van der Waals surface area contributed by atoms with Crippen LogP contribution in [0, 0.1) is 0 Å². The molecule has 1 aliphatic heterocycles. The van der Waals surface area contributed by atoms with Crippen LogP contribution >= 0.6 is 11.3 Å². The van der Waals surface area contributed by atoms with E-state index < -0.39 is 0 Å². The Morgan fingerprint density at radius 3 is 3.04 bits per heavy atom. The lowest BCUT2D eigenvalue weighted by molar-refractivity contribution is 0.277. The molecule has 0 amide bonds. The molecule has 0 radical (unpaired) electrons. The maximum Gasteiger partial charge on any atom is 0.185 e. The van der Waals surface area contributed by atoms with Gasteiger partial charge in [0.15, 0.2) is 5.13 Å². The minimum Gasteiger partial charge on any atom is -0.390 e. The molecule has 7 heteroatoms. The van der Waals surface area contributed by atoms with Crippen LogP contribution in [0.2, 0.25) is 0 Å². The average Bonchev–Trinajstić information content (AvgIpc) is 3.22. The predicted octanol–water partition coefficient (Wildman–Crippen LogP) is 1.78. The van der Waals surface area contributed by atoms with Crippen LogP contribution in [0.15, 0.2) is 17.8 Å². The molecule has 0 bridgehead atoms. The second-order valence-electron chi connectivity index (χ2n) is 6.35. The number of piperidine rings is 1. The van der Waals surface area contributed by atoms with Crippen molar-refractivity contribution < 1.29 is 5.11 Å². The smallest absolute Gasteiger partial charge is 0.185 e. The summed E-state index contributed by atoms with van der Waals surface area (Å²) in [5, 5.41) is 12.2. The molecule has 23 heavy (non-hydrogen) atoms. The summed E-state index contributed by atoms with van der Waals surface area (Å²) in [5.74, 6) is 1.64. The van der Waals surface area contributed by atoms with Crippen LogP contribution in [0.25, 0.3) is 0 Å². The number of imidazole rings is 1. The van der Waals surface area contributed by atoms with Crippen molar-refractivity contribution in [3.8, 4) is 0 Å². The molecule has 2 aromatic heterocycles. The lowest BCUT2D eigenvalue weighted by atomic mass is 9.97. The minimum atomic E-state index is 0.0166. The summed E-state index contributed by atoms with van der Waals surface area (Å²) in [6.45, 7) is 4.00. The predicted molar refractivity (Wildman–Crippen MR) is 93.0 cm³/mol. The molecule has 3 heterocycles. The van der Waals surface area contributed by atoms with Gasteiger partial charge in [0.05, 0.1) is 12.3 Å². The summed E-state index contributed by atoms with van der Waals surface area (Å²) in [4.78, 5) is 13.7. The lowest BCUT2D eigenvalue weighted by Crippen LogP contribution is -2.35. The Morgan fingerprint density at radius 2 is 2.30 bits per heavy atom. The minimum absolute atomic E-state index is 0.0166. The highest BCUT2D eigenvalue weighted by Crippen LogP contribution is 2.30. The number of likely N-dealkylation sites (N-methyl/N-ethyl adjacent to an activating group) is 1. The zero-order valence-corrected chi connectivity index (χ0v) is 14.7. The number of thiazole rings is 1. The van der Waals surface area contributed by atoms with Crippen LogP contribution in [0.4, 0.5) is 5.13 Å². The van der Waals surface area contributed by atoms with E-state index in [1.807, 2.05) is 11.6 Å². The van der Waals surface area contributed by atoms with Gasteiger partial charge in [-0.15, -0.1) is 11.3 Å². The summed E-state index contributed by atoms with van der Waals surface area (Å²) >= 11 is 1.62. The van der Waals surface area contributed by atoms with Crippen LogP contribution in [-0.2, 0) is 13.2 Å². The SMILES string of the molecule is CN(C)CCn1ccnc1[C@H]1CCCN(c2nc(CO)cs2)C1. The van der Waals surface area contributed by atoms with Gasteiger partial charge >= 0.3 is 0 Å². The highest BCUT2D eigenvalue weighted by molar-refractivity contribution is 7.13. The molecule has 6 nitrogen and oxygen atoms in total. The van der Waals surface area contributed by atoms with Crippen LogP contribution in [0.5, 0.6) is 0 Å². The van der Waals surface area contributed by atoms with Crippen molar-refractivity contribution >= 4 is 16.5 Å². The molecule has 3 rings (SSSR count). The molecule has 0 aromatic carbocycles. The summed E-state index contributed by atoms with van der Waals surface area (Å²) < 4.78 is 2.29. The van der Waals surface area contributed by atoms with Crippen LogP contribution < -0.4 is 4.90 Å². The monoisotopic (exact) mass is 335 g/mol. The molecule has 1 atom stereocenters. The van der Waals surface area contributed by atoms with Gasteiger partial charge in [0.25, 0.3) is 0 Å². The fraction of sp³-hybridized carbons (Fsp3) is 0.625. The first-order valence-corrected chi connectivity index (χ1v) is 9.01. The third-order valence-corrected chi connectivity index (χ3v) is 5.24. The van der Waals surface area contributed by atoms with Crippen LogP contribution in [-0.4, -0.2) is 58.3 Å². The number of aliphatic hydroxyl groups excluding tert-OH is 1. The second-order valence-corrected chi connectivity index (χ2v) is 7.18. The van der Waals surface area contributed by atoms with Crippen LogP contribution in [0.1, 0.15) is 30.3 Å². The summed E-state index contributed by atoms with van der Waals surface area (Å²) in [7, 11) is 4.19. The zero-order chi connectivity index (χ0) is 16.2. The van der Waals surface area contributed by atoms with E-state index in [0.29, 0.717) is 5.92 Å². The molecule has 1 N–H and O–H groups in total. The number of nitrogens with zero attached hydrogens (tertiary/aromatic N) is 5. The van der Waals surface area contributed by atoms with Crippen molar-refractivity contribution in [3.63, 3.8) is 0 Å². The van der Waals surface area contributed by atoms with Crippen LogP contribution in [0.3, 0.4) is 0 Å². The van der Waals surface area contributed by atoms with Gasteiger partial charge in [0.1, 0.15) is 5.82 Å². The van der Waals surface area contributed by atoms with Gasteiger partial charge in [-0.3, -0.25) is 0 Å². The fourth-order valence-corrected chi connectivity index (χ4v) is 3.91. The number of hydrogen-bond donors (Lipinski definition) is 1. The number of aliphatic hydroxyl groups is 1. The molecule has 0 spiro atoms. The Bertz CT molecular complexity index is 624. The summed E-state index contributed by atoms with van der Waals surface area (Å²) in [5.41, 5.74) is 0.764. The Labute approximate surface area is 141 Å². The molecule has 2 aromatic rings. The number of rotatable bonds is 6. The highest BCUT2D eigenvalue weighted by Gasteiger charge is 2.26. The van der Waals surface area contributed by atoms with E-state index in [4.69, 9.17) is 0 Å². The van der Waals surface area contributed by atoms with Crippen molar-refractivity contribution in [1.82, 2.24) is 19.4 Å². The Morgan fingerprint density at radius 1 is 1.43 bits per heavy atom. The highest BCUT2D eigenvalue weighted by atomic mass is 32.1. The number of aromatic nitrogens is 3. The van der Waals surface area contributed by atoms with Gasteiger partial charge in [-0.05, 0) is 26.9 Å². The molecule has 0 aliphatic carbocycles. The third kappa shape index (κ3) is 3.91. The Kier molecular flexibility index (Phi) is 5.30. The van der Waals surface area contributed by atoms with Gasteiger partial charge < -0.3 is 19.5 Å². The molecule has 1 fully saturated rings. The van der Waals surface area contributed by atoms with Crippen molar-refractivity contribution in [3.05, 3.63) is 29.3 Å². The normalized spacial score (nSPS) is 18.8. The van der Waals surface area contributed by atoms with E-state index in [0.717, 1.165) is 43.4 Å².